The molecule has 0 aliphatic heterocycles. The first-order valence-electron chi connectivity index (χ1n) is 4.48. The van der Waals surface area contributed by atoms with E-state index in [4.69, 9.17) is 5.11 Å². The van der Waals surface area contributed by atoms with Gasteiger partial charge in [0.15, 0.2) is 5.69 Å². The molecule has 2 rings (SSSR count). The second-order valence-electron chi connectivity index (χ2n) is 3.10. The summed E-state index contributed by atoms with van der Waals surface area (Å²) in [5.41, 5.74) is 0.200. The molecule has 17 heavy (non-hydrogen) atoms. The second-order valence-corrected chi connectivity index (χ2v) is 3.10. The predicted molar refractivity (Wildman–Crippen MR) is 55.0 cm³/mol. The minimum Gasteiger partial charge on any atom is -0.476 e. The Kier molecular flexibility index (Phi) is 2.53. The average molecular weight is 234 g/mol. The van der Waals surface area contributed by atoms with Crippen molar-refractivity contribution >= 4 is 11.7 Å². The maximum atomic E-state index is 10.6. The number of nitrogens with zero attached hydrogens (tertiary/aromatic N) is 4. The van der Waals surface area contributed by atoms with Gasteiger partial charge in [-0.1, -0.05) is 0 Å². The summed E-state index contributed by atoms with van der Waals surface area (Å²) >= 11 is 0. The van der Waals surface area contributed by atoms with Gasteiger partial charge < -0.3 is 5.11 Å². The second kappa shape index (κ2) is 4.00. The largest absolute Gasteiger partial charge is 0.476 e. The molecule has 1 N–H and O–H groups in total. The number of carboxylic acid groups (broad SMARTS) is 1. The van der Waals surface area contributed by atoms with E-state index in [1.165, 1.54) is 24.3 Å². The van der Waals surface area contributed by atoms with E-state index in [0.29, 0.717) is 5.69 Å². The highest BCUT2D eigenvalue weighted by Gasteiger charge is 2.10. The number of hydrogen-bond acceptors (Lipinski definition) is 5. The van der Waals surface area contributed by atoms with Gasteiger partial charge in [0.05, 0.1) is 16.8 Å². The van der Waals surface area contributed by atoms with Crippen LogP contribution in [0, 0.1) is 10.1 Å². The van der Waals surface area contributed by atoms with Crippen molar-refractivity contribution in [2.45, 2.75) is 0 Å². The molecule has 0 saturated carbocycles. The average Bonchev–Trinajstić information content (AvgIpc) is 2.78. The van der Waals surface area contributed by atoms with Gasteiger partial charge in [0.2, 0.25) is 0 Å². The van der Waals surface area contributed by atoms with Crippen LogP contribution >= 0.6 is 0 Å². The van der Waals surface area contributed by atoms with Crippen LogP contribution in [0.15, 0.2) is 30.5 Å². The van der Waals surface area contributed by atoms with Gasteiger partial charge in [-0.15, -0.1) is 5.10 Å². The zero-order chi connectivity index (χ0) is 12.4. The number of benzene rings is 1. The van der Waals surface area contributed by atoms with E-state index in [1.807, 2.05) is 0 Å². The number of nitro benzene ring substituents is 1. The third-order valence-electron chi connectivity index (χ3n) is 2.00. The molecule has 0 amide bonds. The third-order valence-corrected chi connectivity index (χ3v) is 2.00. The fraction of sp³-hybridized carbons (Fsp3) is 0. The number of rotatable bonds is 3. The smallest absolute Gasteiger partial charge is 0.358 e. The molecule has 1 heterocycles. The summed E-state index contributed by atoms with van der Waals surface area (Å²) < 4.78 is 0. The minimum atomic E-state index is -1.18. The van der Waals surface area contributed by atoms with Crippen molar-refractivity contribution in [1.29, 1.82) is 0 Å². The first-order valence-corrected chi connectivity index (χ1v) is 4.48. The van der Waals surface area contributed by atoms with Gasteiger partial charge in [-0.25, -0.2) is 4.79 Å². The molecule has 8 heteroatoms. The number of non-ortho nitro benzene ring substituents is 1. The van der Waals surface area contributed by atoms with Gasteiger partial charge in [-0.3, -0.25) is 10.1 Å². The first kappa shape index (κ1) is 10.7. The number of carboxylic acids is 1. The molecule has 2 aromatic rings. The molecule has 1 aromatic carbocycles. The van der Waals surface area contributed by atoms with Crippen LogP contribution in [0.2, 0.25) is 0 Å². The maximum Gasteiger partial charge on any atom is 0.358 e. The summed E-state index contributed by atoms with van der Waals surface area (Å²) in [7, 11) is 0. The van der Waals surface area contributed by atoms with Crippen LogP contribution < -0.4 is 0 Å². The van der Waals surface area contributed by atoms with Crippen molar-refractivity contribution in [2.24, 2.45) is 0 Å². The van der Waals surface area contributed by atoms with Crippen LogP contribution in [0.4, 0.5) is 5.69 Å². The summed E-state index contributed by atoms with van der Waals surface area (Å²) in [5, 5.41) is 26.5. The van der Waals surface area contributed by atoms with Crippen molar-refractivity contribution in [3.05, 3.63) is 46.3 Å². The van der Waals surface area contributed by atoms with Gasteiger partial charge >= 0.3 is 5.97 Å². The summed E-state index contributed by atoms with van der Waals surface area (Å²) in [6.45, 7) is 0. The zero-order valence-corrected chi connectivity index (χ0v) is 8.35. The van der Waals surface area contributed by atoms with Crippen molar-refractivity contribution in [2.75, 3.05) is 0 Å². The Hall–Kier alpha value is -2.77. The van der Waals surface area contributed by atoms with Gasteiger partial charge in [-0.2, -0.15) is 9.90 Å². The lowest BCUT2D eigenvalue weighted by Crippen LogP contribution is -2.02. The zero-order valence-electron chi connectivity index (χ0n) is 8.35. The Morgan fingerprint density at radius 1 is 1.35 bits per heavy atom. The number of nitro groups is 1. The Bertz CT molecular complexity index is 575. The fourth-order valence-electron chi connectivity index (χ4n) is 1.19. The number of carbonyl (C=O) groups is 1. The van der Waals surface area contributed by atoms with Gasteiger partial charge in [-0.05, 0) is 12.1 Å². The maximum absolute atomic E-state index is 10.6. The highest BCUT2D eigenvalue weighted by Crippen LogP contribution is 2.13. The topological polar surface area (TPSA) is 111 Å². The van der Waals surface area contributed by atoms with Crippen molar-refractivity contribution in [3.63, 3.8) is 0 Å². The van der Waals surface area contributed by atoms with Crippen LogP contribution in [-0.2, 0) is 0 Å². The summed E-state index contributed by atoms with van der Waals surface area (Å²) in [6.07, 6.45) is 1.10. The molecule has 0 unspecified atom stereocenters. The van der Waals surface area contributed by atoms with E-state index in [1.54, 1.807) is 0 Å². The molecular weight excluding hydrogens is 228 g/mol. The van der Waals surface area contributed by atoms with Crippen molar-refractivity contribution in [3.8, 4) is 5.69 Å². The predicted octanol–water partition coefficient (Wildman–Crippen LogP) is 0.874. The molecule has 0 aliphatic carbocycles. The minimum absolute atomic E-state index is 0.0561. The van der Waals surface area contributed by atoms with E-state index in [9.17, 15) is 14.9 Å². The lowest BCUT2D eigenvalue weighted by Gasteiger charge is -1.97. The van der Waals surface area contributed by atoms with E-state index in [2.05, 4.69) is 10.2 Å². The van der Waals surface area contributed by atoms with E-state index in [0.717, 1.165) is 11.0 Å². The molecule has 86 valence electrons. The van der Waals surface area contributed by atoms with E-state index in [-0.39, 0.29) is 11.4 Å². The summed E-state index contributed by atoms with van der Waals surface area (Å²) in [5.74, 6) is -1.18. The summed E-state index contributed by atoms with van der Waals surface area (Å²) in [6, 6.07) is 5.45. The molecule has 0 spiro atoms. The van der Waals surface area contributed by atoms with Gasteiger partial charge in [0, 0.05) is 12.1 Å². The van der Waals surface area contributed by atoms with Crippen LogP contribution in [0.1, 0.15) is 10.5 Å². The lowest BCUT2D eigenvalue weighted by molar-refractivity contribution is -0.384. The molecule has 0 atom stereocenters. The Morgan fingerprint density at radius 2 is 2.00 bits per heavy atom. The molecule has 0 fully saturated rings. The quantitative estimate of drug-likeness (QED) is 0.623. The van der Waals surface area contributed by atoms with Gasteiger partial charge in [0.1, 0.15) is 0 Å². The number of hydrogen-bond donors (Lipinski definition) is 1. The van der Waals surface area contributed by atoms with Crippen molar-refractivity contribution < 1.29 is 14.8 Å². The molecule has 0 aliphatic rings. The molecule has 1 aromatic heterocycles. The van der Waals surface area contributed by atoms with Crippen LogP contribution in [-0.4, -0.2) is 31.0 Å². The molecular formula is C9H6N4O4. The fourth-order valence-corrected chi connectivity index (χ4v) is 1.19. The van der Waals surface area contributed by atoms with Crippen LogP contribution in [0.3, 0.4) is 0 Å². The highest BCUT2D eigenvalue weighted by molar-refractivity contribution is 5.84. The number of aromatic nitrogens is 3. The molecule has 0 bridgehead atoms. The first-order chi connectivity index (χ1) is 8.08. The SMILES string of the molecule is O=C(O)c1cnn(-c2ccc([N+](=O)[O-])cc2)n1. The Labute approximate surface area is 94.3 Å². The van der Waals surface area contributed by atoms with E-state index < -0.39 is 10.9 Å². The third kappa shape index (κ3) is 2.09. The standard InChI is InChI=1S/C9H6N4O4/c14-9(15)8-5-10-12(11-8)6-1-3-7(4-2-6)13(16)17/h1-5H,(H,14,15). The lowest BCUT2D eigenvalue weighted by atomic mass is 10.3. The van der Waals surface area contributed by atoms with Crippen molar-refractivity contribution in [1.82, 2.24) is 15.0 Å². The Morgan fingerprint density at radius 3 is 2.47 bits per heavy atom. The normalized spacial score (nSPS) is 10.1. The molecule has 8 nitrogen and oxygen atoms in total. The molecule has 0 radical (unpaired) electrons. The van der Waals surface area contributed by atoms with Crippen LogP contribution in [0.25, 0.3) is 5.69 Å². The summed E-state index contributed by atoms with van der Waals surface area (Å²) in [4.78, 5) is 21.6. The van der Waals surface area contributed by atoms with Gasteiger partial charge in [0.25, 0.3) is 5.69 Å². The van der Waals surface area contributed by atoms with E-state index >= 15 is 0 Å². The monoisotopic (exact) mass is 234 g/mol. The van der Waals surface area contributed by atoms with Crippen LogP contribution in [0.5, 0.6) is 0 Å². The Balaban J connectivity index is 2.33. The molecule has 0 saturated heterocycles. The highest BCUT2D eigenvalue weighted by atomic mass is 16.6. The number of aromatic carboxylic acids is 1.